The second kappa shape index (κ2) is 5.59. The number of rotatable bonds is 6. The molecule has 1 aromatic carbocycles. The van der Waals surface area contributed by atoms with Crippen molar-refractivity contribution in [2.75, 3.05) is 13.2 Å². The minimum Gasteiger partial charge on any atom is -0.492 e. The molecule has 1 atom stereocenters. The first kappa shape index (κ1) is 13.2. The quantitative estimate of drug-likeness (QED) is 0.831. The first-order valence-corrected chi connectivity index (χ1v) is 6.35. The van der Waals surface area contributed by atoms with Crippen molar-refractivity contribution in [1.29, 1.82) is 0 Å². The molecule has 0 radical (unpaired) electrons. The van der Waals surface area contributed by atoms with Crippen molar-refractivity contribution >= 4 is 17.6 Å². The maximum Gasteiger partial charge on any atom is 0.312 e. The van der Waals surface area contributed by atoms with Gasteiger partial charge in [-0.15, -0.1) is 0 Å². The van der Waals surface area contributed by atoms with Crippen LogP contribution < -0.4 is 10.5 Å². The predicted molar refractivity (Wildman–Crippen MR) is 69.1 cm³/mol. The fraction of sp³-hybridized carbons (Fsp3) is 0.462. The number of nitrogens with two attached hydrogens (primary N) is 1. The number of carbonyl (C=O) groups is 1. The van der Waals surface area contributed by atoms with Crippen molar-refractivity contribution in [3.05, 3.63) is 28.8 Å². The lowest BCUT2D eigenvalue weighted by Crippen LogP contribution is -2.21. The third-order valence-corrected chi connectivity index (χ3v) is 3.48. The minimum absolute atomic E-state index is 0.0150. The molecule has 0 aliphatic heterocycles. The fourth-order valence-electron chi connectivity index (χ4n) is 1.76. The van der Waals surface area contributed by atoms with E-state index in [0.717, 1.165) is 0 Å². The summed E-state index contributed by atoms with van der Waals surface area (Å²) in [7, 11) is 0. The monoisotopic (exact) mass is 269 g/mol. The molecule has 1 unspecified atom stereocenters. The summed E-state index contributed by atoms with van der Waals surface area (Å²) in [5.41, 5.74) is 5.99. The van der Waals surface area contributed by atoms with Gasteiger partial charge >= 0.3 is 5.97 Å². The van der Waals surface area contributed by atoms with Crippen molar-refractivity contribution in [3.63, 3.8) is 0 Å². The Morgan fingerprint density at radius 2 is 2.28 bits per heavy atom. The highest BCUT2D eigenvalue weighted by molar-refractivity contribution is 6.33. The Kier molecular flexibility index (Phi) is 4.09. The van der Waals surface area contributed by atoms with E-state index in [2.05, 4.69) is 0 Å². The number of hydrogen-bond donors (Lipinski definition) is 2. The maximum absolute atomic E-state index is 11.1. The summed E-state index contributed by atoms with van der Waals surface area (Å²) in [5, 5.41) is 9.45. The number of halogens is 1. The molecule has 1 saturated carbocycles. The highest BCUT2D eigenvalue weighted by Crippen LogP contribution is 2.35. The van der Waals surface area contributed by atoms with Gasteiger partial charge < -0.3 is 15.6 Å². The molecule has 0 aromatic heterocycles. The second-order valence-electron chi connectivity index (χ2n) is 4.54. The molecule has 18 heavy (non-hydrogen) atoms. The van der Waals surface area contributed by atoms with Gasteiger partial charge in [0.05, 0.1) is 17.5 Å². The van der Waals surface area contributed by atoms with Crippen molar-refractivity contribution in [1.82, 2.24) is 0 Å². The standard InChI is InChI=1S/C13H16ClNO3/c14-12-9(10(6-15)13(16)17)2-1-3-11(12)18-7-8-4-5-8/h1-3,8,10H,4-7,15H2,(H,16,17). The fourth-order valence-corrected chi connectivity index (χ4v) is 2.07. The van der Waals surface area contributed by atoms with Crippen LogP contribution in [0.15, 0.2) is 18.2 Å². The van der Waals surface area contributed by atoms with Crippen LogP contribution in [-0.4, -0.2) is 24.2 Å². The number of carboxylic acids is 1. The van der Waals surface area contributed by atoms with Crippen LogP contribution >= 0.6 is 11.6 Å². The van der Waals surface area contributed by atoms with Gasteiger partial charge in [-0.3, -0.25) is 4.79 Å². The highest BCUT2D eigenvalue weighted by Gasteiger charge is 2.25. The molecule has 0 amide bonds. The summed E-state index contributed by atoms with van der Waals surface area (Å²) in [4.78, 5) is 11.1. The molecule has 0 spiro atoms. The van der Waals surface area contributed by atoms with Gasteiger partial charge in [-0.1, -0.05) is 23.7 Å². The van der Waals surface area contributed by atoms with Crippen LogP contribution in [0.25, 0.3) is 0 Å². The molecule has 0 heterocycles. The van der Waals surface area contributed by atoms with E-state index in [0.29, 0.717) is 28.9 Å². The average Bonchev–Trinajstić information content (AvgIpc) is 3.14. The summed E-state index contributed by atoms with van der Waals surface area (Å²) < 4.78 is 5.61. The predicted octanol–water partition coefficient (Wildman–Crippen LogP) is 2.26. The van der Waals surface area contributed by atoms with Crippen LogP contribution in [0, 0.1) is 5.92 Å². The Labute approximate surface area is 111 Å². The second-order valence-corrected chi connectivity index (χ2v) is 4.92. The number of aliphatic carboxylic acids is 1. The molecule has 0 saturated heterocycles. The zero-order valence-corrected chi connectivity index (χ0v) is 10.7. The molecule has 1 fully saturated rings. The van der Waals surface area contributed by atoms with Gasteiger partial charge in [-0.2, -0.15) is 0 Å². The van der Waals surface area contributed by atoms with Gasteiger partial charge in [-0.25, -0.2) is 0 Å². The van der Waals surface area contributed by atoms with Crippen molar-refractivity contribution in [2.45, 2.75) is 18.8 Å². The summed E-state index contributed by atoms with van der Waals surface area (Å²) in [6.45, 7) is 0.657. The van der Waals surface area contributed by atoms with Gasteiger partial charge in [0.2, 0.25) is 0 Å². The number of carboxylic acid groups (broad SMARTS) is 1. The van der Waals surface area contributed by atoms with E-state index < -0.39 is 11.9 Å². The molecule has 3 N–H and O–H groups in total. The normalized spacial score (nSPS) is 16.3. The molecule has 1 aliphatic rings. The molecular formula is C13H16ClNO3. The zero-order chi connectivity index (χ0) is 13.1. The van der Waals surface area contributed by atoms with E-state index in [4.69, 9.17) is 27.2 Å². The minimum atomic E-state index is -0.973. The van der Waals surface area contributed by atoms with E-state index in [1.54, 1.807) is 18.2 Å². The third-order valence-electron chi connectivity index (χ3n) is 3.07. The lowest BCUT2D eigenvalue weighted by atomic mass is 9.99. The lowest BCUT2D eigenvalue weighted by Gasteiger charge is -2.15. The molecule has 1 aromatic rings. The van der Waals surface area contributed by atoms with Crippen LogP contribution in [0.1, 0.15) is 24.3 Å². The summed E-state index contributed by atoms with van der Waals surface area (Å²) in [6.07, 6.45) is 2.38. The SMILES string of the molecule is NCC(C(=O)O)c1cccc(OCC2CC2)c1Cl. The summed E-state index contributed by atoms with van der Waals surface area (Å²) in [6, 6.07) is 5.18. The smallest absolute Gasteiger partial charge is 0.312 e. The van der Waals surface area contributed by atoms with Gasteiger partial charge in [0.1, 0.15) is 5.75 Å². The largest absolute Gasteiger partial charge is 0.492 e. The van der Waals surface area contributed by atoms with E-state index in [1.807, 2.05) is 0 Å². The van der Waals surface area contributed by atoms with Crippen LogP contribution in [0.4, 0.5) is 0 Å². The first-order valence-electron chi connectivity index (χ1n) is 5.97. The van der Waals surface area contributed by atoms with E-state index in [-0.39, 0.29) is 6.54 Å². The lowest BCUT2D eigenvalue weighted by molar-refractivity contribution is -0.138. The molecular weight excluding hydrogens is 254 g/mol. The molecule has 98 valence electrons. The number of ether oxygens (including phenoxy) is 1. The molecule has 4 nitrogen and oxygen atoms in total. The maximum atomic E-state index is 11.1. The number of benzene rings is 1. The highest BCUT2D eigenvalue weighted by atomic mass is 35.5. The van der Waals surface area contributed by atoms with E-state index in [9.17, 15) is 4.79 Å². The molecule has 5 heteroatoms. The Balaban J connectivity index is 2.19. The molecule has 0 bridgehead atoms. The van der Waals surface area contributed by atoms with E-state index >= 15 is 0 Å². The van der Waals surface area contributed by atoms with Crippen molar-refractivity contribution < 1.29 is 14.6 Å². The van der Waals surface area contributed by atoms with Gasteiger partial charge in [0.25, 0.3) is 0 Å². The van der Waals surface area contributed by atoms with E-state index in [1.165, 1.54) is 12.8 Å². The zero-order valence-electron chi connectivity index (χ0n) is 9.93. The van der Waals surface area contributed by atoms with Crippen molar-refractivity contribution in [3.8, 4) is 5.75 Å². The number of hydrogen-bond acceptors (Lipinski definition) is 3. The van der Waals surface area contributed by atoms with Crippen molar-refractivity contribution in [2.24, 2.45) is 11.7 Å². The Bertz CT molecular complexity index is 446. The first-order chi connectivity index (χ1) is 8.63. The van der Waals surface area contributed by atoms with Gasteiger partial charge in [0.15, 0.2) is 0 Å². The Morgan fingerprint density at radius 3 is 2.83 bits per heavy atom. The Morgan fingerprint density at radius 1 is 1.56 bits per heavy atom. The van der Waals surface area contributed by atoms with Crippen LogP contribution in [0.3, 0.4) is 0 Å². The Hall–Kier alpha value is -1.26. The summed E-state index contributed by atoms with van der Waals surface area (Å²) in [5.74, 6) is -0.601. The summed E-state index contributed by atoms with van der Waals surface area (Å²) >= 11 is 6.19. The van der Waals surface area contributed by atoms with Crippen LogP contribution in [-0.2, 0) is 4.79 Å². The third kappa shape index (κ3) is 2.94. The molecule has 2 rings (SSSR count). The van der Waals surface area contributed by atoms with Gasteiger partial charge in [-0.05, 0) is 30.4 Å². The molecule has 1 aliphatic carbocycles. The topological polar surface area (TPSA) is 72.6 Å². The van der Waals surface area contributed by atoms with Crippen LogP contribution in [0.2, 0.25) is 5.02 Å². The average molecular weight is 270 g/mol. The van der Waals surface area contributed by atoms with Gasteiger partial charge in [0, 0.05) is 6.54 Å². The van der Waals surface area contributed by atoms with Crippen LogP contribution in [0.5, 0.6) is 5.75 Å².